The second-order valence-electron chi connectivity index (χ2n) is 2.21. The first-order chi connectivity index (χ1) is 5.20. The molecule has 1 heterocycles. The molecule has 0 saturated heterocycles. The average Bonchev–Trinajstić information content (AvgIpc) is 2.39. The van der Waals surface area contributed by atoms with Gasteiger partial charge in [-0.15, -0.1) is 0 Å². The Balaban J connectivity index is 0.00000121. The molecule has 0 aliphatic heterocycles. The van der Waals surface area contributed by atoms with Crippen LogP contribution < -0.4 is 5.73 Å². The molecule has 0 radical (unpaired) electrons. The SMILES string of the molecule is NC(Cc1c[nH]cn1)C(=O)O.[GaH3]. The van der Waals surface area contributed by atoms with Gasteiger partial charge in [-0.05, 0) is 0 Å². The van der Waals surface area contributed by atoms with Crippen LogP contribution >= 0.6 is 0 Å². The van der Waals surface area contributed by atoms with Crippen LogP contribution in [0.25, 0.3) is 0 Å². The van der Waals surface area contributed by atoms with Crippen molar-refractivity contribution in [2.45, 2.75) is 12.5 Å². The summed E-state index contributed by atoms with van der Waals surface area (Å²) in [6.45, 7) is 0. The molecule has 66 valence electrons. The van der Waals surface area contributed by atoms with E-state index in [1.807, 2.05) is 0 Å². The van der Waals surface area contributed by atoms with E-state index in [1.165, 1.54) is 6.33 Å². The van der Waals surface area contributed by atoms with Crippen molar-refractivity contribution in [2.75, 3.05) is 0 Å². The van der Waals surface area contributed by atoms with E-state index in [1.54, 1.807) is 6.20 Å². The predicted molar refractivity (Wildman–Crippen MR) is 47.8 cm³/mol. The molecule has 1 unspecified atom stereocenters. The van der Waals surface area contributed by atoms with Crippen molar-refractivity contribution >= 4 is 25.8 Å². The van der Waals surface area contributed by atoms with Crippen LogP contribution in [-0.4, -0.2) is 46.9 Å². The number of hydrogen-bond donors (Lipinski definition) is 3. The summed E-state index contributed by atoms with van der Waals surface area (Å²) in [5.74, 6) is -1.01. The number of imidazole rings is 1. The zero-order valence-electron chi connectivity index (χ0n) is 5.82. The molecular formula is C6H12GaN3O2. The van der Waals surface area contributed by atoms with Gasteiger partial charge in [0.25, 0.3) is 0 Å². The molecule has 0 aromatic carbocycles. The number of rotatable bonds is 3. The Bertz CT molecular complexity index is 237. The Morgan fingerprint density at radius 2 is 2.50 bits per heavy atom. The topological polar surface area (TPSA) is 92.0 Å². The van der Waals surface area contributed by atoms with E-state index in [2.05, 4.69) is 9.97 Å². The van der Waals surface area contributed by atoms with Gasteiger partial charge in [0.15, 0.2) is 0 Å². The van der Waals surface area contributed by atoms with E-state index in [9.17, 15) is 4.79 Å². The normalized spacial score (nSPS) is 11.8. The van der Waals surface area contributed by atoms with Crippen molar-refractivity contribution in [1.29, 1.82) is 0 Å². The van der Waals surface area contributed by atoms with Crippen molar-refractivity contribution in [1.82, 2.24) is 9.97 Å². The Hall–Kier alpha value is -0.724. The molecule has 12 heavy (non-hydrogen) atoms. The van der Waals surface area contributed by atoms with E-state index in [0.717, 1.165) is 0 Å². The molecule has 1 aromatic heterocycles. The Kier molecular flexibility index (Phi) is 4.71. The summed E-state index contributed by atoms with van der Waals surface area (Å²) < 4.78 is 0. The molecule has 0 fully saturated rings. The quantitative estimate of drug-likeness (QED) is 0.531. The third kappa shape index (κ3) is 3.12. The molecule has 5 nitrogen and oxygen atoms in total. The summed E-state index contributed by atoms with van der Waals surface area (Å²) in [7, 11) is 0. The van der Waals surface area contributed by atoms with Crippen molar-refractivity contribution in [3.05, 3.63) is 18.2 Å². The van der Waals surface area contributed by atoms with Crippen molar-refractivity contribution in [3.8, 4) is 0 Å². The number of carboxylic acids is 1. The van der Waals surface area contributed by atoms with Gasteiger partial charge < -0.3 is 15.8 Å². The molecular weight excluding hydrogens is 216 g/mol. The van der Waals surface area contributed by atoms with Gasteiger partial charge in [-0.25, -0.2) is 4.98 Å². The number of hydrogen-bond acceptors (Lipinski definition) is 3. The standard InChI is InChI=1S/C6H9N3O2.Ga.3H/c7-5(6(10)11)1-4-2-8-3-9-4;;;;/h2-3,5H,1,7H2,(H,8,9)(H,10,11);;;;. The fourth-order valence-electron chi connectivity index (χ4n) is 0.715. The first-order valence-electron chi connectivity index (χ1n) is 3.16. The maximum absolute atomic E-state index is 10.3. The first-order valence-corrected chi connectivity index (χ1v) is 3.16. The number of nitrogens with two attached hydrogens (primary N) is 1. The van der Waals surface area contributed by atoms with Crippen LogP contribution in [0.1, 0.15) is 5.69 Å². The second kappa shape index (κ2) is 5.02. The van der Waals surface area contributed by atoms with Crippen LogP contribution in [0.4, 0.5) is 0 Å². The number of H-pyrrole nitrogens is 1. The zero-order valence-corrected chi connectivity index (χ0v) is 5.82. The van der Waals surface area contributed by atoms with Crippen LogP contribution in [0.2, 0.25) is 0 Å². The van der Waals surface area contributed by atoms with Crippen molar-refractivity contribution < 1.29 is 9.90 Å². The molecule has 0 saturated carbocycles. The number of carboxylic acid groups (broad SMARTS) is 1. The number of nitrogens with one attached hydrogen (secondary N) is 1. The Morgan fingerprint density at radius 3 is 2.92 bits per heavy atom. The minimum atomic E-state index is -1.01. The van der Waals surface area contributed by atoms with E-state index in [-0.39, 0.29) is 26.2 Å². The van der Waals surface area contributed by atoms with Gasteiger partial charge in [0.2, 0.25) is 0 Å². The van der Waals surface area contributed by atoms with Crippen LogP contribution in [-0.2, 0) is 11.2 Å². The predicted octanol–water partition coefficient (Wildman–Crippen LogP) is -1.82. The number of aromatic nitrogens is 2. The summed E-state index contributed by atoms with van der Waals surface area (Å²) in [5.41, 5.74) is 5.92. The van der Waals surface area contributed by atoms with Gasteiger partial charge in [0.05, 0.1) is 12.0 Å². The molecule has 1 rings (SSSR count). The third-order valence-electron chi connectivity index (χ3n) is 1.30. The number of carbonyl (C=O) groups is 1. The maximum atomic E-state index is 10.3. The fraction of sp³-hybridized carbons (Fsp3) is 0.333. The molecule has 0 bridgehead atoms. The van der Waals surface area contributed by atoms with Crippen LogP contribution in [0.5, 0.6) is 0 Å². The second-order valence-corrected chi connectivity index (χ2v) is 2.21. The van der Waals surface area contributed by atoms with Crippen LogP contribution in [0.15, 0.2) is 12.5 Å². The summed E-state index contributed by atoms with van der Waals surface area (Å²) in [4.78, 5) is 16.8. The van der Waals surface area contributed by atoms with E-state index in [4.69, 9.17) is 10.8 Å². The summed E-state index contributed by atoms with van der Waals surface area (Å²) in [6.07, 6.45) is 3.38. The fourth-order valence-corrected chi connectivity index (χ4v) is 0.715. The number of aliphatic carboxylic acids is 1. The Morgan fingerprint density at radius 1 is 1.83 bits per heavy atom. The molecule has 0 amide bonds. The first kappa shape index (κ1) is 11.3. The number of nitrogens with zero attached hydrogens (tertiary/aromatic N) is 1. The molecule has 1 aromatic rings. The van der Waals surface area contributed by atoms with Gasteiger partial charge >= 0.3 is 25.8 Å². The van der Waals surface area contributed by atoms with Gasteiger partial charge in [-0.2, -0.15) is 0 Å². The molecule has 1 atom stereocenters. The molecule has 0 aliphatic rings. The minimum absolute atomic E-state index is 0. The summed E-state index contributed by atoms with van der Waals surface area (Å²) >= 11 is 0. The average molecular weight is 228 g/mol. The zero-order chi connectivity index (χ0) is 8.27. The van der Waals surface area contributed by atoms with E-state index < -0.39 is 12.0 Å². The van der Waals surface area contributed by atoms with Crippen molar-refractivity contribution in [3.63, 3.8) is 0 Å². The molecule has 0 aliphatic carbocycles. The molecule has 4 N–H and O–H groups in total. The Labute approximate surface area is 82.4 Å². The summed E-state index contributed by atoms with van der Waals surface area (Å²) in [5, 5.41) is 8.42. The van der Waals surface area contributed by atoms with Gasteiger partial charge in [-0.3, -0.25) is 4.79 Å². The van der Waals surface area contributed by atoms with Crippen LogP contribution in [0, 0.1) is 0 Å². The van der Waals surface area contributed by atoms with E-state index >= 15 is 0 Å². The van der Waals surface area contributed by atoms with Gasteiger partial charge in [0, 0.05) is 12.6 Å². The van der Waals surface area contributed by atoms with Gasteiger partial charge in [0.1, 0.15) is 6.04 Å². The molecule has 6 heteroatoms. The van der Waals surface area contributed by atoms with E-state index in [0.29, 0.717) is 5.69 Å². The summed E-state index contributed by atoms with van der Waals surface area (Å²) in [6, 6.07) is -0.863. The monoisotopic (exact) mass is 227 g/mol. The third-order valence-corrected chi connectivity index (χ3v) is 1.30. The van der Waals surface area contributed by atoms with Gasteiger partial charge in [-0.1, -0.05) is 0 Å². The number of aromatic amines is 1. The van der Waals surface area contributed by atoms with Crippen molar-refractivity contribution in [2.24, 2.45) is 5.73 Å². The van der Waals surface area contributed by atoms with Crippen LogP contribution in [0.3, 0.4) is 0 Å². The molecule has 0 spiro atoms.